The van der Waals surface area contributed by atoms with E-state index in [9.17, 15) is 23.4 Å². The minimum atomic E-state index is -3.16. The lowest BCUT2D eigenvalue weighted by Gasteiger charge is -2.38. The number of hydrogen-bond donors (Lipinski definition) is 4. The number of carbonyl (C=O) groups is 5. The molecule has 4 aliphatic carbocycles. The van der Waals surface area contributed by atoms with Crippen LogP contribution in [-0.2, 0) is 33.9 Å². The Balaban J connectivity index is 1.28. The van der Waals surface area contributed by atoms with Crippen molar-refractivity contribution in [3.8, 4) is 0 Å². The van der Waals surface area contributed by atoms with Crippen molar-refractivity contribution in [2.24, 2.45) is 33.5 Å². The molecule has 2 aliphatic heterocycles. The third-order valence-corrected chi connectivity index (χ3v) is 17.6. The van der Waals surface area contributed by atoms with Crippen molar-refractivity contribution in [3.05, 3.63) is 12.7 Å². The molecule has 0 radical (unpaired) electrons. The van der Waals surface area contributed by atoms with Crippen LogP contribution < -0.4 is 20.7 Å². The van der Waals surface area contributed by atoms with E-state index in [2.05, 4.69) is 51.9 Å². The highest BCUT2D eigenvalue weighted by atomic mass is 32.2. The zero-order chi connectivity index (χ0) is 41.9. The molecular formula is C43H71N7O6S. The molecule has 1 unspecified atom stereocenters. The van der Waals surface area contributed by atoms with Crippen molar-refractivity contribution in [3.63, 3.8) is 0 Å². The highest BCUT2D eigenvalue weighted by Crippen LogP contribution is 2.88. The molecule has 2 heterocycles. The number of hydrogen-bond acceptors (Lipinski definition) is 7. The molecule has 6 rings (SSSR count). The van der Waals surface area contributed by atoms with Gasteiger partial charge in [0, 0.05) is 31.5 Å². The van der Waals surface area contributed by atoms with Gasteiger partial charge >= 0.3 is 0 Å². The smallest absolute Gasteiger partial charge is 0.258 e. The maximum absolute atomic E-state index is 15.2. The monoisotopic (exact) mass is 814 g/mol. The first-order chi connectivity index (χ1) is 26.6. The molecule has 320 valence electrons. The van der Waals surface area contributed by atoms with Gasteiger partial charge in [-0.05, 0) is 93.0 Å². The zero-order valence-electron chi connectivity index (χ0n) is 36.0. The molecule has 0 bridgehead atoms. The number of nitrogens with one attached hydrogen (secondary N) is 4. The van der Waals surface area contributed by atoms with Crippen LogP contribution in [0.2, 0.25) is 0 Å². The highest BCUT2D eigenvalue weighted by Gasteiger charge is 2.85. The summed E-state index contributed by atoms with van der Waals surface area (Å²) in [7, 11) is 0.410. The number of rotatable bonds is 13. The fourth-order valence-electron chi connectivity index (χ4n) is 11.5. The van der Waals surface area contributed by atoms with E-state index in [1.807, 2.05) is 34.7 Å². The minimum Gasteiger partial charge on any atom is -0.343 e. The van der Waals surface area contributed by atoms with Gasteiger partial charge in [0.15, 0.2) is 0 Å². The van der Waals surface area contributed by atoms with E-state index < -0.39 is 50.8 Å². The van der Waals surface area contributed by atoms with Crippen LogP contribution >= 0.6 is 0 Å². The van der Waals surface area contributed by atoms with Gasteiger partial charge in [-0.2, -0.15) is 0 Å². The van der Waals surface area contributed by atoms with Crippen LogP contribution in [0.1, 0.15) is 125 Å². The predicted molar refractivity (Wildman–Crippen MR) is 224 cm³/mol. The number of piperidine rings is 1. The van der Waals surface area contributed by atoms with Crippen molar-refractivity contribution in [2.75, 3.05) is 33.7 Å². The summed E-state index contributed by atoms with van der Waals surface area (Å²) in [6, 6.07) is -2.97. The number of likely N-dealkylation sites (N-methyl/N-ethyl adjacent to an activating group) is 1. The first-order valence-corrected chi connectivity index (χ1v) is 23.3. The highest BCUT2D eigenvalue weighted by molar-refractivity contribution is 7.96. The normalized spacial score (nSPS) is 32.7. The summed E-state index contributed by atoms with van der Waals surface area (Å²) in [6.45, 7) is 17.5. The topological polar surface area (TPSA) is 160 Å². The lowest BCUT2D eigenvalue weighted by Crippen LogP contribution is -2.63. The Hall–Kier alpha value is -2.97. The molecule has 0 aromatic carbocycles. The van der Waals surface area contributed by atoms with Gasteiger partial charge in [0.25, 0.3) is 5.91 Å². The quantitative estimate of drug-likeness (QED) is 0.164. The van der Waals surface area contributed by atoms with Gasteiger partial charge in [-0.15, -0.1) is 6.58 Å². The second kappa shape index (κ2) is 15.6. The Kier molecular flexibility index (Phi) is 11.9. The first kappa shape index (κ1) is 43.6. The van der Waals surface area contributed by atoms with Crippen LogP contribution in [-0.4, -0.2) is 117 Å². The fourth-order valence-corrected chi connectivity index (χ4v) is 12.5. The molecule has 4 saturated carbocycles. The summed E-state index contributed by atoms with van der Waals surface area (Å²) in [5.74, 6) is 1.44. The lowest BCUT2D eigenvalue weighted by atomic mass is 9.73. The minimum absolute atomic E-state index is 0.0130. The van der Waals surface area contributed by atoms with E-state index in [-0.39, 0.29) is 58.3 Å². The van der Waals surface area contributed by atoms with Crippen molar-refractivity contribution in [1.82, 2.24) is 34.8 Å². The number of carbonyl (C=O) groups excluding carboxylic acids is 5. The summed E-state index contributed by atoms with van der Waals surface area (Å²) in [6.07, 6.45) is 12.9. The van der Waals surface area contributed by atoms with Crippen molar-refractivity contribution in [1.29, 1.82) is 0 Å². The first-order valence-electron chi connectivity index (χ1n) is 21.6. The number of amides is 5. The van der Waals surface area contributed by atoms with E-state index >= 15 is 4.79 Å². The summed E-state index contributed by atoms with van der Waals surface area (Å²) >= 11 is 0. The van der Waals surface area contributed by atoms with Gasteiger partial charge in [0.05, 0.1) is 6.04 Å². The molecule has 4 N–H and O–H groups in total. The maximum atomic E-state index is 15.2. The molecule has 5 amide bonds. The van der Waals surface area contributed by atoms with Crippen LogP contribution in [0.3, 0.4) is 0 Å². The van der Waals surface area contributed by atoms with Gasteiger partial charge in [-0.25, -0.2) is 8.51 Å². The largest absolute Gasteiger partial charge is 0.343 e. The summed E-state index contributed by atoms with van der Waals surface area (Å²) in [4.78, 5) is 75.9. The fraction of sp³-hybridized carbons (Fsp3) is 0.814. The third-order valence-electron chi connectivity index (χ3n) is 15.8. The Morgan fingerprint density at radius 3 is 2.09 bits per heavy atom. The summed E-state index contributed by atoms with van der Waals surface area (Å²) < 4.78 is 17.4. The van der Waals surface area contributed by atoms with E-state index in [1.165, 1.54) is 4.31 Å². The molecule has 2 spiro atoms. The second-order valence-corrected chi connectivity index (χ2v) is 22.1. The van der Waals surface area contributed by atoms with Gasteiger partial charge < -0.3 is 20.9 Å². The van der Waals surface area contributed by atoms with Crippen LogP contribution in [0.25, 0.3) is 0 Å². The van der Waals surface area contributed by atoms with E-state index in [4.69, 9.17) is 0 Å². The Morgan fingerprint density at radius 2 is 1.56 bits per heavy atom. The van der Waals surface area contributed by atoms with Crippen molar-refractivity contribution < 1.29 is 28.2 Å². The van der Waals surface area contributed by atoms with Gasteiger partial charge in [-0.1, -0.05) is 79.7 Å². The van der Waals surface area contributed by atoms with E-state index in [1.54, 1.807) is 18.0 Å². The molecule has 13 nitrogen and oxygen atoms in total. The van der Waals surface area contributed by atoms with Crippen LogP contribution in [0.4, 0.5) is 0 Å². The number of fused-ring (bicyclic) bond motifs is 1. The Bertz CT molecular complexity index is 1730. The molecule has 0 aromatic heterocycles. The predicted octanol–water partition coefficient (Wildman–Crippen LogP) is 3.54. The molecule has 14 heteroatoms. The van der Waals surface area contributed by atoms with Gasteiger partial charge in [0.2, 0.25) is 23.6 Å². The molecule has 0 aromatic rings. The molecule has 6 fully saturated rings. The lowest BCUT2D eigenvalue weighted by molar-refractivity contribution is -0.145. The summed E-state index contributed by atoms with van der Waals surface area (Å²) in [5, 5.41) is 9.36. The van der Waals surface area contributed by atoms with Crippen LogP contribution in [0.5, 0.6) is 0 Å². The Morgan fingerprint density at radius 1 is 0.912 bits per heavy atom. The van der Waals surface area contributed by atoms with E-state index in [0.717, 1.165) is 77.2 Å². The maximum Gasteiger partial charge on any atom is 0.258 e. The molecule has 57 heavy (non-hydrogen) atoms. The summed E-state index contributed by atoms with van der Waals surface area (Å²) in [5.41, 5.74) is -2.51. The third kappa shape index (κ3) is 7.46. The average Bonchev–Trinajstić information content (AvgIpc) is 3.87. The molecule has 2 saturated heterocycles. The average molecular weight is 814 g/mol. The Labute approximate surface area is 341 Å². The standard InChI is InChI=1S/C43H71N7O6S/c1-11-29-25-43(29,38(55)47-57(10,56)49(9)12-2)46-35(52)31-26-42(40(6,7)41(42)22-18-23-41)27-50(31)37(54)33(39(3,4)5)45-36(53)32(28-19-14-13-15-20-28)44-34(51)30-21-16-17-24-48(30)8/h11,28-33H,1,10,12-27H2,2-9H3,(H,44,51)(H,45,53)(H,46,52)(H,47,55,56)/t29-,30+,31+,32+,33-,42-,43-,57?/m1/s1. The van der Waals surface area contributed by atoms with Crippen molar-refractivity contribution in [2.45, 2.75) is 155 Å². The zero-order valence-corrected chi connectivity index (χ0v) is 36.8. The second-order valence-electron chi connectivity index (χ2n) is 20.0. The number of nitrogens with zero attached hydrogens (tertiary/aromatic N) is 3. The van der Waals surface area contributed by atoms with E-state index in [0.29, 0.717) is 19.5 Å². The molecule has 8 atom stereocenters. The number of likely N-dealkylation sites (tertiary alicyclic amines) is 2. The van der Waals surface area contributed by atoms with Gasteiger partial charge in [-0.3, -0.25) is 33.6 Å². The SMILES string of the molecule is C=C[C@@H]1C[C@]1(NC(=O)[C@@H]1C[C@@]2(CN1C(=O)[C@@H](NC(=O)[C@@H](NC(=O)[C@@H]1CCCCN1C)C1CCCCC1)C(C)(C)C)C(C)(C)C21CCC1)C(=O)NS(=C)(=O)N(C)CC. The van der Waals surface area contributed by atoms with Crippen molar-refractivity contribution >= 4 is 45.3 Å². The van der Waals surface area contributed by atoms with Crippen LogP contribution in [0.15, 0.2) is 12.7 Å². The molecular weight excluding hydrogens is 743 g/mol. The van der Waals surface area contributed by atoms with Gasteiger partial charge in [0.1, 0.15) is 33.6 Å². The molecule has 6 aliphatic rings. The van der Waals surface area contributed by atoms with Crippen LogP contribution in [0, 0.1) is 33.5 Å².